The van der Waals surface area contributed by atoms with Crippen molar-refractivity contribution in [3.8, 4) is 0 Å². The second-order valence-electron chi connectivity index (χ2n) is 5.56. The molecule has 2 heterocycles. The van der Waals surface area contributed by atoms with Gasteiger partial charge in [-0.25, -0.2) is 13.2 Å². The number of hydrogen-bond acceptors (Lipinski definition) is 6. The van der Waals surface area contributed by atoms with Crippen molar-refractivity contribution in [3.63, 3.8) is 0 Å². The summed E-state index contributed by atoms with van der Waals surface area (Å²) in [5, 5.41) is 12.9. The summed E-state index contributed by atoms with van der Waals surface area (Å²) >= 11 is 0. The topological polar surface area (TPSA) is 109 Å². The number of nitrogens with one attached hydrogen (secondary N) is 1. The standard InChI is InChI=1S/C16H15N3O4S/c1-9-8-18-15(14(9)16(20)21)19-13-5-6-17-12-4-3-10(7-11(12)13)24(2,22)23/h3-7H,8H2,1-2H3,(H,20,21)(H,17,18,19). The summed E-state index contributed by atoms with van der Waals surface area (Å²) in [5.41, 5.74) is 1.96. The Hall–Kier alpha value is -2.74. The van der Waals surface area contributed by atoms with Gasteiger partial charge in [-0.15, -0.1) is 0 Å². The van der Waals surface area contributed by atoms with Crippen molar-refractivity contribution in [2.45, 2.75) is 11.8 Å². The summed E-state index contributed by atoms with van der Waals surface area (Å²) in [4.78, 5) is 20.0. The molecule has 8 heteroatoms. The normalized spacial score (nSPS) is 14.8. The van der Waals surface area contributed by atoms with E-state index in [1.54, 1.807) is 25.3 Å². The molecule has 24 heavy (non-hydrogen) atoms. The summed E-state index contributed by atoms with van der Waals surface area (Å²) < 4.78 is 23.5. The molecule has 0 bridgehead atoms. The van der Waals surface area contributed by atoms with E-state index in [2.05, 4.69) is 15.3 Å². The molecular formula is C16H15N3O4S. The second-order valence-corrected chi connectivity index (χ2v) is 7.58. The number of aliphatic imine (C=N–C) groups is 1. The van der Waals surface area contributed by atoms with Crippen LogP contribution in [0, 0.1) is 0 Å². The molecule has 0 spiro atoms. The Bertz CT molecular complexity index is 1020. The molecule has 0 saturated carbocycles. The highest BCUT2D eigenvalue weighted by atomic mass is 32.2. The van der Waals surface area contributed by atoms with Crippen molar-refractivity contribution >= 4 is 38.2 Å². The quantitative estimate of drug-likeness (QED) is 0.879. The van der Waals surface area contributed by atoms with Crippen molar-refractivity contribution < 1.29 is 18.3 Å². The average molecular weight is 345 g/mol. The van der Waals surface area contributed by atoms with Gasteiger partial charge in [0, 0.05) is 17.8 Å². The molecule has 0 radical (unpaired) electrons. The van der Waals surface area contributed by atoms with Crippen LogP contribution in [0.1, 0.15) is 6.92 Å². The third kappa shape index (κ3) is 2.88. The van der Waals surface area contributed by atoms with E-state index < -0.39 is 15.8 Å². The third-order valence-corrected chi connectivity index (χ3v) is 4.86. The number of carbonyl (C=O) groups is 1. The highest BCUT2D eigenvalue weighted by Gasteiger charge is 2.23. The lowest BCUT2D eigenvalue weighted by atomic mass is 10.1. The summed E-state index contributed by atoms with van der Waals surface area (Å²) in [5.74, 6) is -0.788. The van der Waals surface area contributed by atoms with Gasteiger partial charge in [-0.2, -0.15) is 0 Å². The molecule has 0 unspecified atom stereocenters. The van der Waals surface area contributed by atoms with E-state index in [0.717, 1.165) is 6.26 Å². The predicted molar refractivity (Wildman–Crippen MR) is 91.1 cm³/mol. The molecule has 1 aromatic heterocycles. The summed E-state index contributed by atoms with van der Waals surface area (Å²) in [6.07, 6.45) is 2.70. The van der Waals surface area contributed by atoms with Crippen LogP contribution in [0.25, 0.3) is 10.9 Å². The van der Waals surface area contributed by atoms with Crippen molar-refractivity contribution in [1.29, 1.82) is 0 Å². The molecule has 0 amide bonds. The van der Waals surface area contributed by atoms with E-state index in [-0.39, 0.29) is 16.3 Å². The second kappa shape index (κ2) is 5.72. The molecule has 0 saturated heterocycles. The highest BCUT2D eigenvalue weighted by molar-refractivity contribution is 7.90. The summed E-state index contributed by atoms with van der Waals surface area (Å²) in [7, 11) is -3.36. The number of fused-ring (bicyclic) bond motifs is 1. The Morgan fingerprint density at radius 1 is 1.29 bits per heavy atom. The molecule has 1 aliphatic rings. The van der Waals surface area contributed by atoms with Crippen LogP contribution in [0.3, 0.4) is 0 Å². The lowest BCUT2D eigenvalue weighted by Crippen LogP contribution is -2.19. The highest BCUT2D eigenvalue weighted by Crippen LogP contribution is 2.26. The Kier molecular flexibility index (Phi) is 3.84. The van der Waals surface area contributed by atoms with Gasteiger partial charge in [0.2, 0.25) is 0 Å². The minimum atomic E-state index is -3.36. The van der Waals surface area contributed by atoms with Crippen molar-refractivity contribution in [3.05, 3.63) is 41.6 Å². The minimum absolute atomic E-state index is 0.138. The van der Waals surface area contributed by atoms with E-state index in [1.165, 1.54) is 12.1 Å². The number of hydrogen-bond donors (Lipinski definition) is 2. The van der Waals surface area contributed by atoms with Crippen LogP contribution in [0.2, 0.25) is 0 Å². The number of amidine groups is 1. The minimum Gasteiger partial charge on any atom is -0.478 e. The van der Waals surface area contributed by atoms with E-state index in [1.807, 2.05) is 0 Å². The monoisotopic (exact) mass is 345 g/mol. The smallest absolute Gasteiger partial charge is 0.339 e. The fourth-order valence-electron chi connectivity index (χ4n) is 2.54. The van der Waals surface area contributed by atoms with Gasteiger partial charge >= 0.3 is 5.97 Å². The number of aliphatic carboxylic acids is 1. The van der Waals surface area contributed by atoms with Gasteiger partial charge < -0.3 is 10.4 Å². The van der Waals surface area contributed by atoms with Crippen molar-refractivity contribution in [2.75, 3.05) is 18.1 Å². The lowest BCUT2D eigenvalue weighted by molar-refractivity contribution is -0.132. The molecule has 2 N–H and O–H groups in total. The van der Waals surface area contributed by atoms with Crippen LogP contribution in [0.4, 0.5) is 5.69 Å². The van der Waals surface area contributed by atoms with Gasteiger partial charge in [-0.05, 0) is 36.8 Å². The average Bonchev–Trinajstić information content (AvgIpc) is 2.87. The summed E-state index contributed by atoms with van der Waals surface area (Å²) in [6.45, 7) is 2.04. The molecule has 1 aliphatic heterocycles. The number of benzene rings is 1. The fraction of sp³-hybridized carbons (Fsp3) is 0.188. The first-order chi connectivity index (χ1) is 11.3. The number of nitrogens with zero attached hydrogens (tertiary/aromatic N) is 2. The molecule has 0 fully saturated rings. The Morgan fingerprint density at radius 3 is 2.71 bits per heavy atom. The van der Waals surface area contributed by atoms with Crippen LogP contribution < -0.4 is 5.32 Å². The Labute approximate surface area is 138 Å². The number of aromatic nitrogens is 1. The van der Waals surface area contributed by atoms with Crippen LogP contribution in [0.15, 0.2) is 51.5 Å². The number of carboxylic acids is 1. The van der Waals surface area contributed by atoms with Crippen LogP contribution in [0.5, 0.6) is 0 Å². The molecule has 3 rings (SSSR count). The Morgan fingerprint density at radius 2 is 2.04 bits per heavy atom. The van der Waals surface area contributed by atoms with Crippen molar-refractivity contribution in [2.24, 2.45) is 4.99 Å². The van der Waals surface area contributed by atoms with E-state index in [4.69, 9.17) is 0 Å². The van der Waals surface area contributed by atoms with E-state index in [9.17, 15) is 18.3 Å². The predicted octanol–water partition coefficient (Wildman–Crippen LogP) is 1.86. The molecular weight excluding hydrogens is 330 g/mol. The molecule has 0 aliphatic carbocycles. The van der Waals surface area contributed by atoms with Crippen LogP contribution in [-0.4, -0.2) is 43.1 Å². The van der Waals surface area contributed by atoms with Crippen molar-refractivity contribution in [1.82, 2.24) is 4.98 Å². The number of pyridine rings is 1. The SMILES string of the molecule is CC1=C(C(=O)O)C(Nc2ccnc3ccc(S(C)(=O)=O)cc23)=NC1. The van der Waals surface area contributed by atoms with Gasteiger partial charge in [0.05, 0.1) is 22.6 Å². The molecule has 0 atom stereocenters. The van der Waals surface area contributed by atoms with Gasteiger partial charge in [-0.1, -0.05) is 0 Å². The molecule has 2 aromatic rings. The maximum Gasteiger partial charge on any atom is 0.339 e. The third-order valence-electron chi connectivity index (χ3n) is 3.75. The zero-order valence-electron chi connectivity index (χ0n) is 13.1. The zero-order valence-corrected chi connectivity index (χ0v) is 13.9. The van der Waals surface area contributed by atoms with E-state index >= 15 is 0 Å². The van der Waals surface area contributed by atoms with Gasteiger partial charge in [0.15, 0.2) is 9.84 Å². The zero-order chi connectivity index (χ0) is 17.5. The Balaban J connectivity index is 2.09. The first kappa shape index (κ1) is 16.1. The number of sulfone groups is 1. The van der Waals surface area contributed by atoms with Gasteiger partial charge in [0.1, 0.15) is 11.4 Å². The molecule has 1 aromatic carbocycles. The summed E-state index contributed by atoms with van der Waals surface area (Å²) in [6, 6.07) is 6.29. The van der Waals surface area contributed by atoms with Gasteiger partial charge in [-0.3, -0.25) is 9.98 Å². The van der Waals surface area contributed by atoms with E-state index in [0.29, 0.717) is 28.7 Å². The maximum atomic E-state index is 11.8. The maximum absolute atomic E-state index is 11.8. The first-order valence-electron chi connectivity index (χ1n) is 7.11. The number of rotatable bonds is 3. The van der Waals surface area contributed by atoms with Gasteiger partial charge in [0.25, 0.3) is 0 Å². The number of anilines is 1. The van der Waals surface area contributed by atoms with Crippen LogP contribution in [-0.2, 0) is 14.6 Å². The largest absolute Gasteiger partial charge is 0.478 e. The molecule has 124 valence electrons. The lowest BCUT2D eigenvalue weighted by Gasteiger charge is -2.11. The fourth-order valence-corrected chi connectivity index (χ4v) is 3.18. The van der Waals surface area contributed by atoms with Crippen LogP contribution >= 0.6 is 0 Å². The first-order valence-corrected chi connectivity index (χ1v) is 9.00. The number of carboxylic acid groups (broad SMARTS) is 1. The molecule has 7 nitrogen and oxygen atoms in total.